The zero-order chi connectivity index (χ0) is 18.5. The minimum atomic E-state index is -0.529. The zero-order valence-electron chi connectivity index (χ0n) is 15.6. The summed E-state index contributed by atoms with van der Waals surface area (Å²) in [4.78, 5) is 24.2. The third-order valence-corrected chi connectivity index (χ3v) is 3.54. The third kappa shape index (κ3) is 8.57. The molecule has 0 saturated heterocycles. The molecule has 1 atom stereocenters. The Morgan fingerprint density at radius 3 is 2.08 bits per heavy atom. The second-order valence-corrected chi connectivity index (χ2v) is 5.99. The van der Waals surface area contributed by atoms with Gasteiger partial charge in [-0.15, -0.1) is 0 Å². The lowest BCUT2D eigenvalue weighted by molar-refractivity contribution is -0.155. The number of hydrogen-bond donors (Lipinski definition) is 0. The summed E-state index contributed by atoms with van der Waals surface area (Å²) in [5.74, 6) is -0.429. The Morgan fingerprint density at radius 1 is 0.880 bits per heavy atom. The van der Waals surface area contributed by atoms with Gasteiger partial charge in [0.15, 0.2) is 0 Å². The van der Waals surface area contributed by atoms with E-state index in [0.29, 0.717) is 26.2 Å². The molecule has 140 valence electrons. The van der Waals surface area contributed by atoms with Crippen LogP contribution in [0.1, 0.15) is 52.0 Å². The molecule has 0 N–H and O–H groups in total. The van der Waals surface area contributed by atoms with Crippen LogP contribution in [-0.2, 0) is 25.5 Å². The normalized spacial score (nSPS) is 11.6. The first-order valence-corrected chi connectivity index (χ1v) is 9.14. The monoisotopic (exact) mass is 350 g/mol. The van der Waals surface area contributed by atoms with Crippen molar-refractivity contribution >= 4 is 11.9 Å². The van der Waals surface area contributed by atoms with E-state index in [0.717, 1.165) is 30.6 Å². The van der Waals surface area contributed by atoms with Gasteiger partial charge in [0.25, 0.3) is 0 Å². The molecule has 1 aromatic carbocycles. The first-order chi connectivity index (χ1) is 12.1. The molecule has 0 saturated carbocycles. The Kier molecular flexibility index (Phi) is 10.4. The molecule has 25 heavy (non-hydrogen) atoms. The molecule has 0 aliphatic rings. The van der Waals surface area contributed by atoms with E-state index in [-0.39, 0.29) is 18.4 Å². The van der Waals surface area contributed by atoms with Gasteiger partial charge in [0, 0.05) is 0 Å². The lowest BCUT2D eigenvalue weighted by Gasteiger charge is -2.16. The minimum absolute atomic E-state index is 0.0383. The van der Waals surface area contributed by atoms with Crippen LogP contribution in [0, 0.1) is 5.92 Å². The summed E-state index contributed by atoms with van der Waals surface area (Å²) in [6.07, 6.45) is 2.94. The van der Waals surface area contributed by atoms with Gasteiger partial charge in [0.2, 0.25) is 0 Å². The van der Waals surface area contributed by atoms with Crippen LogP contribution in [-0.4, -0.2) is 31.8 Å². The van der Waals surface area contributed by atoms with E-state index in [2.05, 4.69) is 6.92 Å². The van der Waals surface area contributed by atoms with Crippen molar-refractivity contribution in [2.24, 2.45) is 5.92 Å². The van der Waals surface area contributed by atoms with Crippen molar-refractivity contribution in [1.29, 1.82) is 0 Å². The van der Waals surface area contributed by atoms with Crippen molar-refractivity contribution in [3.05, 3.63) is 29.8 Å². The van der Waals surface area contributed by atoms with Crippen LogP contribution in [0.4, 0.5) is 0 Å². The second-order valence-electron chi connectivity index (χ2n) is 5.99. The fraction of sp³-hybridized carbons (Fsp3) is 0.600. The van der Waals surface area contributed by atoms with Crippen molar-refractivity contribution in [2.75, 3.05) is 19.8 Å². The van der Waals surface area contributed by atoms with E-state index in [9.17, 15) is 9.59 Å². The number of esters is 2. The lowest BCUT2D eigenvalue weighted by atomic mass is 9.96. The number of benzene rings is 1. The zero-order valence-corrected chi connectivity index (χ0v) is 15.6. The summed E-state index contributed by atoms with van der Waals surface area (Å²) in [5.41, 5.74) is 0.964. The van der Waals surface area contributed by atoms with Crippen molar-refractivity contribution in [2.45, 2.75) is 52.9 Å². The van der Waals surface area contributed by atoms with E-state index in [1.54, 1.807) is 0 Å². The maximum Gasteiger partial charge on any atom is 0.309 e. The van der Waals surface area contributed by atoms with Crippen LogP contribution < -0.4 is 4.74 Å². The molecule has 1 aromatic rings. The molecule has 5 heteroatoms. The second kappa shape index (κ2) is 12.3. The summed E-state index contributed by atoms with van der Waals surface area (Å²) < 4.78 is 15.9. The van der Waals surface area contributed by atoms with Crippen molar-refractivity contribution in [1.82, 2.24) is 0 Å². The van der Waals surface area contributed by atoms with Gasteiger partial charge in [-0.25, -0.2) is 0 Å². The molecule has 0 spiro atoms. The standard InChI is InChI=1S/C20H30O5/c1-4-11-23-18-9-7-16(8-10-18)14-17(20(22)25-13-6-3)15-19(21)24-12-5-2/h7-10,17H,4-6,11-15H2,1-3H3. The van der Waals surface area contributed by atoms with Crippen molar-refractivity contribution < 1.29 is 23.8 Å². The molecule has 0 aliphatic carbocycles. The predicted molar refractivity (Wildman–Crippen MR) is 96.5 cm³/mol. The van der Waals surface area contributed by atoms with Gasteiger partial charge in [-0.3, -0.25) is 9.59 Å². The Bertz CT molecular complexity index is 509. The highest BCUT2D eigenvalue weighted by molar-refractivity contribution is 5.80. The van der Waals surface area contributed by atoms with Crippen LogP contribution in [0.15, 0.2) is 24.3 Å². The van der Waals surface area contributed by atoms with Crippen molar-refractivity contribution in [3.8, 4) is 5.75 Å². The maximum atomic E-state index is 12.3. The van der Waals surface area contributed by atoms with E-state index in [4.69, 9.17) is 14.2 Å². The average molecular weight is 350 g/mol. The first-order valence-electron chi connectivity index (χ1n) is 9.14. The summed E-state index contributed by atoms with van der Waals surface area (Å²) in [5, 5.41) is 0. The SMILES string of the molecule is CCCOC(=O)CC(Cc1ccc(OCCC)cc1)C(=O)OCCC. The summed E-state index contributed by atoms with van der Waals surface area (Å²) in [7, 11) is 0. The molecular weight excluding hydrogens is 320 g/mol. The highest BCUT2D eigenvalue weighted by Crippen LogP contribution is 2.19. The molecule has 0 aliphatic heterocycles. The van der Waals surface area contributed by atoms with E-state index >= 15 is 0 Å². The van der Waals surface area contributed by atoms with E-state index < -0.39 is 5.92 Å². The highest BCUT2D eigenvalue weighted by atomic mass is 16.5. The number of ether oxygens (including phenoxy) is 3. The number of hydrogen-bond acceptors (Lipinski definition) is 5. The molecule has 0 amide bonds. The van der Waals surface area contributed by atoms with Gasteiger partial charge in [-0.2, -0.15) is 0 Å². The van der Waals surface area contributed by atoms with Crippen LogP contribution in [0.25, 0.3) is 0 Å². The van der Waals surface area contributed by atoms with Gasteiger partial charge in [0.1, 0.15) is 5.75 Å². The average Bonchev–Trinajstić information content (AvgIpc) is 2.63. The lowest BCUT2D eigenvalue weighted by Crippen LogP contribution is -2.24. The number of carbonyl (C=O) groups excluding carboxylic acids is 2. The summed E-state index contributed by atoms with van der Waals surface area (Å²) in [6.45, 7) is 7.34. The topological polar surface area (TPSA) is 61.8 Å². The Balaban J connectivity index is 2.70. The largest absolute Gasteiger partial charge is 0.494 e. The molecule has 0 heterocycles. The van der Waals surface area contributed by atoms with E-state index in [1.807, 2.05) is 38.1 Å². The number of carbonyl (C=O) groups is 2. The molecule has 1 unspecified atom stereocenters. The van der Waals surface area contributed by atoms with Crippen LogP contribution in [0.5, 0.6) is 5.75 Å². The summed E-state index contributed by atoms with van der Waals surface area (Å²) in [6, 6.07) is 7.61. The van der Waals surface area contributed by atoms with Gasteiger partial charge >= 0.3 is 11.9 Å². The third-order valence-electron chi connectivity index (χ3n) is 3.54. The Hall–Kier alpha value is -2.04. The molecule has 0 fully saturated rings. The molecule has 0 bridgehead atoms. The molecule has 0 aromatic heterocycles. The first kappa shape index (κ1) is 21.0. The van der Waals surface area contributed by atoms with Crippen molar-refractivity contribution in [3.63, 3.8) is 0 Å². The fourth-order valence-electron chi connectivity index (χ4n) is 2.26. The maximum absolute atomic E-state index is 12.3. The van der Waals surface area contributed by atoms with E-state index in [1.165, 1.54) is 0 Å². The van der Waals surface area contributed by atoms with Crippen LogP contribution in [0.3, 0.4) is 0 Å². The van der Waals surface area contributed by atoms with Gasteiger partial charge in [-0.05, 0) is 43.4 Å². The quantitative estimate of drug-likeness (QED) is 0.535. The van der Waals surface area contributed by atoms with Gasteiger partial charge in [-0.1, -0.05) is 32.9 Å². The molecule has 5 nitrogen and oxygen atoms in total. The van der Waals surface area contributed by atoms with Crippen LogP contribution >= 0.6 is 0 Å². The predicted octanol–water partition coefficient (Wildman–Crippen LogP) is 3.93. The smallest absolute Gasteiger partial charge is 0.309 e. The molecule has 1 rings (SSSR count). The van der Waals surface area contributed by atoms with Crippen LogP contribution in [0.2, 0.25) is 0 Å². The number of rotatable bonds is 12. The fourth-order valence-corrected chi connectivity index (χ4v) is 2.26. The molecular formula is C20H30O5. The molecule has 0 radical (unpaired) electrons. The highest BCUT2D eigenvalue weighted by Gasteiger charge is 2.24. The Morgan fingerprint density at radius 2 is 1.48 bits per heavy atom. The minimum Gasteiger partial charge on any atom is -0.494 e. The Labute approximate surface area is 150 Å². The van der Waals surface area contributed by atoms with Gasteiger partial charge in [0.05, 0.1) is 32.2 Å². The summed E-state index contributed by atoms with van der Waals surface area (Å²) >= 11 is 0. The van der Waals surface area contributed by atoms with Gasteiger partial charge < -0.3 is 14.2 Å².